The number of hydrogen-bond donors (Lipinski definition) is 4. The van der Waals surface area contributed by atoms with Crippen LogP contribution in [0.2, 0.25) is 0 Å². The monoisotopic (exact) mass is 701 g/mol. The van der Waals surface area contributed by atoms with Crippen LogP contribution >= 0.6 is 0 Å². The van der Waals surface area contributed by atoms with E-state index in [0.29, 0.717) is 18.0 Å². The summed E-state index contributed by atoms with van der Waals surface area (Å²) in [6, 6.07) is 6.97. The quantitative estimate of drug-likeness (QED) is 0.309. The molecule has 0 saturated carbocycles. The Morgan fingerprint density at radius 2 is 1.36 bits per heavy atom. The van der Waals surface area contributed by atoms with Crippen molar-refractivity contribution in [2.75, 3.05) is 40.3 Å². The number of aliphatic carboxylic acids is 3. The molecule has 0 aliphatic carbocycles. The number of likely N-dealkylation sites (tertiary alicyclic amines) is 2. The molecule has 47 heavy (non-hydrogen) atoms. The predicted molar refractivity (Wildman–Crippen MR) is 145 cm³/mol. The molecule has 21 heteroatoms. The third-order valence-corrected chi connectivity index (χ3v) is 6.35. The molecule has 0 spiro atoms. The Balaban J connectivity index is 0.000000820. The lowest BCUT2D eigenvalue weighted by atomic mass is 10.0. The molecule has 3 atom stereocenters. The Hall–Kier alpha value is -3.72. The van der Waals surface area contributed by atoms with Gasteiger partial charge >= 0.3 is 36.4 Å². The molecule has 0 radical (unpaired) electrons. The Kier molecular flexibility index (Phi) is 17.1. The number of carboxylic acid groups (broad SMARTS) is 3. The molecule has 3 rings (SSSR count). The number of nitrogens with one attached hydrogen (secondary N) is 1. The Morgan fingerprint density at radius 3 is 1.72 bits per heavy atom. The maximum absolute atomic E-state index is 12.8. The molecular weight excluding hydrogens is 665 g/mol. The van der Waals surface area contributed by atoms with Gasteiger partial charge in [0.2, 0.25) is 5.91 Å². The zero-order valence-electron chi connectivity index (χ0n) is 25.5. The number of carbonyl (C=O) groups is 4. The van der Waals surface area contributed by atoms with Crippen LogP contribution in [-0.4, -0.2) is 136 Å². The highest BCUT2D eigenvalue weighted by Crippen LogP contribution is 2.37. The lowest BCUT2D eigenvalue weighted by molar-refractivity contribution is -0.193. The molecule has 0 bridgehead atoms. The van der Waals surface area contributed by atoms with Gasteiger partial charge in [0.15, 0.2) is 0 Å². The van der Waals surface area contributed by atoms with Crippen molar-refractivity contribution in [1.82, 2.24) is 25.0 Å². The lowest BCUT2D eigenvalue weighted by Crippen LogP contribution is -2.51. The summed E-state index contributed by atoms with van der Waals surface area (Å²) >= 11 is 0. The number of carboxylic acids is 3. The molecule has 270 valence electrons. The molecule has 1 aromatic rings. The van der Waals surface area contributed by atoms with Gasteiger partial charge < -0.3 is 25.5 Å². The normalized spacial score (nSPS) is 19.8. The number of rotatable bonds is 7. The largest absolute Gasteiger partial charge is 0.490 e. The fourth-order valence-electron chi connectivity index (χ4n) is 4.51. The van der Waals surface area contributed by atoms with E-state index in [0.717, 1.165) is 44.8 Å². The Morgan fingerprint density at radius 1 is 0.894 bits per heavy atom. The molecule has 3 heterocycles. The number of likely N-dealkylation sites (N-methyl/N-ethyl adjacent to an activating group) is 1. The standard InChI is InChI=1S/C20H33N5O.3C2HF3O2/c1-15(2)25-18(20(26)22-9-10-23(3)4)11-16-12-24(14-19(16)25)13-17-7-5-6-8-21-17;3*3-2(4,5)1(6)7/h5-8,15-16,18-19H,9-14H2,1-4H3,(H,22,26);3*(H,6,7)/t16-,18+,19+;;;/m0.../s1. The summed E-state index contributed by atoms with van der Waals surface area (Å²) in [5.74, 6) is -7.50. The maximum atomic E-state index is 12.8. The van der Waals surface area contributed by atoms with E-state index in [1.807, 2.05) is 32.4 Å². The number of fused-ring (bicyclic) bond motifs is 1. The number of aromatic nitrogens is 1. The number of carbonyl (C=O) groups excluding carboxylic acids is 1. The van der Waals surface area contributed by atoms with Crippen LogP contribution < -0.4 is 5.32 Å². The number of halogens is 9. The van der Waals surface area contributed by atoms with Crippen LogP contribution in [0.25, 0.3) is 0 Å². The molecule has 2 aliphatic heterocycles. The SMILES string of the molecule is CC(C)N1[C@@H](C(=O)NCCN(C)C)C[C@H]2CN(Cc3ccccn3)C[C@H]21.O=C(O)C(F)(F)F.O=C(O)C(F)(F)F.O=C(O)C(F)(F)F. The summed E-state index contributed by atoms with van der Waals surface area (Å²) in [5, 5.41) is 24.5. The molecule has 0 unspecified atom stereocenters. The summed E-state index contributed by atoms with van der Waals surface area (Å²) in [5.41, 5.74) is 1.13. The van der Waals surface area contributed by atoms with E-state index >= 15 is 0 Å². The topological polar surface area (TPSA) is 164 Å². The minimum atomic E-state index is -5.08. The Bertz CT molecular complexity index is 1090. The van der Waals surface area contributed by atoms with Crippen LogP contribution in [0.5, 0.6) is 0 Å². The van der Waals surface area contributed by atoms with Gasteiger partial charge in [-0.2, -0.15) is 39.5 Å². The third-order valence-electron chi connectivity index (χ3n) is 6.35. The lowest BCUT2D eigenvalue weighted by Gasteiger charge is -2.33. The number of hydrogen-bond acceptors (Lipinski definition) is 8. The first-order valence-corrected chi connectivity index (χ1v) is 13.5. The van der Waals surface area contributed by atoms with Gasteiger partial charge in [0.1, 0.15) is 0 Å². The molecule has 4 N–H and O–H groups in total. The van der Waals surface area contributed by atoms with E-state index in [-0.39, 0.29) is 11.9 Å². The van der Waals surface area contributed by atoms with Crippen molar-refractivity contribution in [3.8, 4) is 0 Å². The first kappa shape index (κ1) is 43.3. The second kappa shape index (κ2) is 18.6. The van der Waals surface area contributed by atoms with E-state index in [1.165, 1.54) is 0 Å². The molecule has 12 nitrogen and oxygen atoms in total. The molecule has 2 aliphatic rings. The third kappa shape index (κ3) is 16.6. The second-order valence-corrected chi connectivity index (χ2v) is 10.6. The molecular formula is C26H36F9N5O7. The van der Waals surface area contributed by atoms with Crippen molar-refractivity contribution < 1.29 is 74.0 Å². The molecule has 1 amide bonds. The van der Waals surface area contributed by atoms with Gasteiger partial charge in [0, 0.05) is 51.0 Å². The minimum Gasteiger partial charge on any atom is -0.475 e. The van der Waals surface area contributed by atoms with E-state index in [2.05, 4.69) is 44.9 Å². The van der Waals surface area contributed by atoms with Gasteiger partial charge in [0.25, 0.3) is 0 Å². The van der Waals surface area contributed by atoms with Crippen LogP contribution in [0, 0.1) is 5.92 Å². The van der Waals surface area contributed by atoms with Crippen molar-refractivity contribution in [3.05, 3.63) is 30.1 Å². The minimum absolute atomic E-state index is 0.0177. The van der Waals surface area contributed by atoms with Crippen molar-refractivity contribution in [2.24, 2.45) is 5.92 Å². The molecule has 2 saturated heterocycles. The highest BCUT2D eigenvalue weighted by Gasteiger charge is 2.49. The van der Waals surface area contributed by atoms with Crippen LogP contribution in [-0.2, 0) is 25.7 Å². The molecule has 1 aromatic heterocycles. The van der Waals surface area contributed by atoms with Crippen LogP contribution in [0.1, 0.15) is 26.0 Å². The summed E-state index contributed by atoms with van der Waals surface area (Å²) in [4.78, 5) is 50.9. The summed E-state index contributed by atoms with van der Waals surface area (Å²) in [7, 11) is 4.06. The van der Waals surface area contributed by atoms with Gasteiger partial charge in [-0.1, -0.05) is 6.07 Å². The van der Waals surface area contributed by atoms with E-state index in [9.17, 15) is 44.3 Å². The average Bonchev–Trinajstić information content (AvgIpc) is 3.45. The zero-order chi connectivity index (χ0) is 36.9. The van der Waals surface area contributed by atoms with Crippen molar-refractivity contribution in [1.29, 1.82) is 0 Å². The van der Waals surface area contributed by atoms with Gasteiger partial charge in [-0.15, -0.1) is 0 Å². The van der Waals surface area contributed by atoms with Crippen molar-refractivity contribution >= 4 is 23.8 Å². The number of pyridine rings is 1. The smallest absolute Gasteiger partial charge is 0.475 e. The van der Waals surface area contributed by atoms with E-state index in [1.54, 1.807) is 0 Å². The van der Waals surface area contributed by atoms with Crippen LogP contribution in [0.4, 0.5) is 39.5 Å². The summed E-state index contributed by atoms with van der Waals surface area (Å²) in [6.07, 6.45) is -12.4. The molecule has 2 fully saturated rings. The zero-order valence-corrected chi connectivity index (χ0v) is 25.5. The van der Waals surface area contributed by atoms with Crippen molar-refractivity contribution in [3.63, 3.8) is 0 Å². The number of alkyl halides is 9. The van der Waals surface area contributed by atoms with Gasteiger partial charge in [-0.3, -0.25) is 19.6 Å². The van der Waals surface area contributed by atoms with E-state index < -0.39 is 36.4 Å². The van der Waals surface area contributed by atoms with Gasteiger partial charge in [-0.25, -0.2) is 14.4 Å². The van der Waals surface area contributed by atoms with E-state index in [4.69, 9.17) is 29.7 Å². The molecule has 0 aromatic carbocycles. The first-order chi connectivity index (χ1) is 21.3. The second-order valence-electron chi connectivity index (χ2n) is 10.6. The number of nitrogens with zero attached hydrogens (tertiary/aromatic N) is 4. The highest BCUT2D eigenvalue weighted by molar-refractivity contribution is 5.82. The Labute approximate surface area is 263 Å². The maximum Gasteiger partial charge on any atom is 0.490 e. The summed E-state index contributed by atoms with van der Waals surface area (Å²) in [6.45, 7) is 9.01. The average molecular weight is 702 g/mol. The number of amides is 1. The van der Waals surface area contributed by atoms with Gasteiger partial charge in [0.05, 0.1) is 11.7 Å². The summed E-state index contributed by atoms with van der Waals surface area (Å²) < 4.78 is 95.2. The van der Waals surface area contributed by atoms with Crippen LogP contribution in [0.3, 0.4) is 0 Å². The van der Waals surface area contributed by atoms with Gasteiger partial charge in [-0.05, 0) is 52.4 Å². The first-order valence-electron chi connectivity index (χ1n) is 13.5. The van der Waals surface area contributed by atoms with Crippen molar-refractivity contribution in [2.45, 2.75) is 63.5 Å². The van der Waals surface area contributed by atoms with Crippen LogP contribution in [0.15, 0.2) is 24.4 Å². The highest BCUT2D eigenvalue weighted by atomic mass is 19.4. The fourth-order valence-corrected chi connectivity index (χ4v) is 4.51. The predicted octanol–water partition coefficient (Wildman–Crippen LogP) is 2.94. The fraction of sp³-hybridized carbons (Fsp3) is 0.654.